The predicted octanol–water partition coefficient (Wildman–Crippen LogP) is 3.24. The fourth-order valence-corrected chi connectivity index (χ4v) is 3.27. The molecule has 9 heteroatoms. The van der Waals surface area contributed by atoms with Crippen LogP contribution in [0, 0.1) is 6.92 Å². The van der Waals surface area contributed by atoms with E-state index in [9.17, 15) is 9.59 Å². The molecule has 2 aromatic carbocycles. The molecule has 0 bridgehead atoms. The Morgan fingerprint density at radius 2 is 1.93 bits per heavy atom. The highest BCUT2D eigenvalue weighted by Gasteiger charge is 2.21. The van der Waals surface area contributed by atoms with Gasteiger partial charge in [-0.1, -0.05) is 17.7 Å². The van der Waals surface area contributed by atoms with Crippen molar-refractivity contribution in [3.05, 3.63) is 87.1 Å². The average Bonchev–Trinajstić information content (AvgIpc) is 3.14. The zero-order chi connectivity index (χ0) is 21.3. The molecule has 0 radical (unpaired) electrons. The molecule has 0 spiro atoms. The minimum absolute atomic E-state index is 0.0967. The average molecular weight is 424 g/mol. The van der Waals surface area contributed by atoms with Gasteiger partial charge in [0.25, 0.3) is 17.2 Å². The first-order valence-corrected chi connectivity index (χ1v) is 9.49. The second-order valence-electron chi connectivity index (χ2n) is 6.64. The van der Waals surface area contributed by atoms with Crippen LogP contribution in [0.1, 0.15) is 21.9 Å². The summed E-state index contributed by atoms with van der Waals surface area (Å²) in [6.07, 6.45) is 0. The first-order chi connectivity index (χ1) is 14.4. The number of methoxy groups -OCH3 is 1. The van der Waals surface area contributed by atoms with Crippen LogP contribution in [0.4, 0.5) is 5.69 Å². The third-order valence-electron chi connectivity index (χ3n) is 4.51. The highest BCUT2D eigenvalue weighted by Crippen LogP contribution is 2.23. The van der Waals surface area contributed by atoms with Crippen LogP contribution in [0.3, 0.4) is 0 Å². The molecular formula is C21H18ClN5O3. The molecule has 2 aromatic heterocycles. The lowest BCUT2D eigenvalue weighted by Crippen LogP contribution is -2.31. The van der Waals surface area contributed by atoms with E-state index in [1.54, 1.807) is 67.5 Å². The maximum atomic E-state index is 13.3. The van der Waals surface area contributed by atoms with Crippen LogP contribution in [0.2, 0.25) is 5.02 Å². The first-order valence-electron chi connectivity index (χ1n) is 9.11. The Morgan fingerprint density at radius 3 is 2.63 bits per heavy atom. The zero-order valence-electron chi connectivity index (χ0n) is 16.3. The molecule has 8 nitrogen and oxygen atoms in total. The van der Waals surface area contributed by atoms with Gasteiger partial charge in [0.2, 0.25) is 0 Å². The Labute approximate surface area is 176 Å². The molecule has 0 saturated carbocycles. The highest BCUT2D eigenvalue weighted by molar-refractivity contribution is 6.31. The van der Waals surface area contributed by atoms with Crippen molar-refractivity contribution in [3.63, 3.8) is 0 Å². The van der Waals surface area contributed by atoms with Crippen LogP contribution in [-0.2, 0) is 6.54 Å². The van der Waals surface area contributed by atoms with Crippen molar-refractivity contribution in [1.82, 2.24) is 19.6 Å². The summed E-state index contributed by atoms with van der Waals surface area (Å²) in [6, 6.07) is 15.2. The lowest BCUT2D eigenvalue weighted by molar-refractivity contribution is 0.0984. The van der Waals surface area contributed by atoms with Crippen LogP contribution < -0.4 is 15.2 Å². The Bertz CT molecular complexity index is 1280. The van der Waals surface area contributed by atoms with Gasteiger partial charge < -0.3 is 9.64 Å². The molecule has 1 amide bonds. The number of carbonyl (C=O) groups excluding carboxylic acids is 1. The molecule has 0 saturated heterocycles. The fraction of sp³-hybridized carbons (Fsp3) is 0.143. The van der Waals surface area contributed by atoms with Gasteiger partial charge in [-0.05, 0) is 49.4 Å². The Balaban J connectivity index is 1.75. The smallest absolute Gasteiger partial charge is 0.274 e. The van der Waals surface area contributed by atoms with Crippen LogP contribution in [0.5, 0.6) is 5.75 Å². The van der Waals surface area contributed by atoms with E-state index < -0.39 is 0 Å². The minimum Gasteiger partial charge on any atom is -0.497 e. The largest absolute Gasteiger partial charge is 0.497 e. The fourth-order valence-electron chi connectivity index (χ4n) is 3.08. The number of halogens is 1. The monoisotopic (exact) mass is 423 g/mol. The summed E-state index contributed by atoms with van der Waals surface area (Å²) in [5.41, 5.74) is 1.37. The van der Waals surface area contributed by atoms with Gasteiger partial charge in [-0.15, -0.1) is 0 Å². The SMILES string of the molecule is COc1ccc(N(Cc2nc3nc(C)cc(=O)n3[nH]2)C(=O)c2cccc(Cl)c2)cc1. The van der Waals surface area contributed by atoms with Crippen molar-refractivity contribution in [1.29, 1.82) is 0 Å². The number of fused-ring (bicyclic) bond motifs is 1. The van der Waals surface area contributed by atoms with E-state index in [0.29, 0.717) is 33.5 Å². The Kier molecular flexibility index (Phi) is 5.24. The van der Waals surface area contributed by atoms with Gasteiger partial charge in [0.15, 0.2) is 0 Å². The maximum Gasteiger partial charge on any atom is 0.274 e. The number of amides is 1. The normalized spacial score (nSPS) is 10.9. The van der Waals surface area contributed by atoms with E-state index in [2.05, 4.69) is 15.1 Å². The third kappa shape index (κ3) is 3.90. The van der Waals surface area contributed by atoms with Crippen molar-refractivity contribution in [2.45, 2.75) is 13.5 Å². The summed E-state index contributed by atoms with van der Waals surface area (Å²) in [4.78, 5) is 35.7. The quantitative estimate of drug-likeness (QED) is 0.532. The number of hydrogen-bond acceptors (Lipinski definition) is 5. The first kappa shape index (κ1) is 19.7. The van der Waals surface area contributed by atoms with Gasteiger partial charge in [0.1, 0.15) is 11.6 Å². The number of aryl methyl sites for hydroxylation is 1. The minimum atomic E-state index is -0.270. The van der Waals surface area contributed by atoms with Gasteiger partial charge >= 0.3 is 0 Å². The van der Waals surface area contributed by atoms with Crippen molar-refractivity contribution in [2.75, 3.05) is 12.0 Å². The number of ether oxygens (including phenoxy) is 1. The predicted molar refractivity (Wildman–Crippen MR) is 113 cm³/mol. The molecule has 0 fully saturated rings. The zero-order valence-corrected chi connectivity index (χ0v) is 17.1. The molecule has 1 N–H and O–H groups in total. The molecule has 0 atom stereocenters. The number of nitrogens with zero attached hydrogens (tertiary/aromatic N) is 4. The standard InChI is InChI=1S/C21H18ClN5O3/c1-13-10-19(28)27-21(23-13)24-18(25-27)12-26(16-6-8-17(30-2)9-7-16)20(29)14-4-3-5-15(22)11-14/h3-11H,12H2,1-2H3,(H,23,24,25). The number of benzene rings is 2. The summed E-state index contributed by atoms with van der Waals surface area (Å²) in [6.45, 7) is 1.82. The van der Waals surface area contributed by atoms with E-state index in [-0.39, 0.29) is 23.8 Å². The number of carbonyl (C=O) groups is 1. The number of aromatic amines is 1. The Morgan fingerprint density at radius 1 is 1.17 bits per heavy atom. The molecule has 2 heterocycles. The van der Waals surface area contributed by atoms with Crippen LogP contribution >= 0.6 is 11.6 Å². The number of hydrogen-bond donors (Lipinski definition) is 1. The van der Waals surface area contributed by atoms with E-state index in [1.807, 2.05) is 0 Å². The summed E-state index contributed by atoms with van der Waals surface area (Å²) in [5, 5.41) is 3.38. The maximum absolute atomic E-state index is 13.3. The second-order valence-corrected chi connectivity index (χ2v) is 7.08. The summed E-state index contributed by atoms with van der Waals surface area (Å²) in [5.74, 6) is 1.07. The topological polar surface area (TPSA) is 92.6 Å². The molecular weight excluding hydrogens is 406 g/mol. The van der Waals surface area contributed by atoms with E-state index in [1.165, 1.54) is 10.6 Å². The molecule has 4 aromatic rings. The molecule has 0 aliphatic carbocycles. The number of H-pyrrole nitrogens is 1. The van der Waals surface area contributed by atoms with E-state index >= 15 is 0 Å². The lowest BCUT2D eigenvalue weighted by atomic mass is 10.1. The van der Waals surface area contributed by atoms with Crippen molar-refractivity contribution in [2.24, 2.45) is 0 Å². The van der Waals surface area contributed by atoms with Crippen molar-refractivity contribution < 1.29 is 9.53 Å². The highest BCUT2D eigenvalue weighted by atomic mass is 35.5. The lowest BCUT2D eigenvalue weighted by Gasteiger charge is -2.22. The molecule has 4 rings (SSSR count). The van der Waals surface area contributed by atoms with Gasteiger partial charge in [-0.3, -0.25) is 14.7 Å². The van der Waals surface area contributed by atoms with Crippen LogP contribution in [0.25, 0.3) is 5.78 Å². The van der Waals surface area contributed by atoms with Gasteiger partial charge in [0.05, 0.1) is 13.7 Å². The van der Waals surface area contributed by atoms with Crippen LogP contribution in [-0.4, -0.2) is 32.6 Å². The summed E-state index contributed by atoms with van der Waals surface area (Å²) >= 11 is 6.07. The number of rotatable bonds is 5. The molecule has 0 unspecified atom stereocenters. The summed E-state index contributed by atoms with van der Waals surface area (Å²) < 4.78 is 6.45. The van der Waals surface area contributed by atoms with Gasteiger partial charge in [0, 0.05) is 28.0 Å². The number of nitrogens with one attached hydrogen (secondary N) is 1. The molecule has 0 aliphatic rings. The molecule has 152 valence electrons. The number of anilines is 1. The second kappa shape index (κ2) is 8.00. The van der Waals surface area contributed by atoms with E-state index in [4.69, 9.17) is 16.3 Å². The van der Waals surface area contributed by atoms with E-state index in [0.717, 1.165) is 0 Å². The van der Waals surface area contributed by atoms with Gasteiger partial charge in [-0.25, -0.2) is 4.98 Å². The van der Waals surface area contributed by atoms with Crippen molar-refractivity contribution in [3.8, 4) is 5.75 Å². The van der Waals surface area contributed by atoms with Crippen LogP contribution in [0.15, 0.2) is 59.4 Å². The number of aromatic nitrogens is 4. The Hall–Kier alpha value is -3.65. The van der Waals surface area contributed by atoms with Gasteiger partial charge in [-0.2, -0.15) is 9.50 Å². The molecule has 0 aliphatic heterocycles. The third-order valence-corrected chi connectivity index (χ3v) is 4.75. The molecule has 30 heavy (non-hydrogen) atoms. The van der Waals surface area contributed by atoms with Crippen molar-refractivity contribution >= 4 is 29.0 Å². The summed E-state index contributed by atoms with van der Waals surface area (Å²) in [7, 11) is 1.57.